The molecule has 22 heavy (non-hydrogen) atoms. The van der Waals surface area contributed by atoms with E-state index in [1.54, 1.807) is 12.5 Å². The lowest BCUT2D eigenvalue weighted by Gasteiger charge is -2.29. The number of aryl methyl sites for hydroxylation is 1. The quantitative estimate of drug-likeness (QED) is 0.855. The Hall–Kier alpha value is -2.15. The molecule has 0 radical (unpaired) electrons. The number of hydrogen-bond acceptors (Lipinski definition) is 4. The van der Waals surface area contributed by atoms with Gasteiger partial charge in [0.2, 0.25) is 5.91 Å². The number of carbonyl (C=O) groups excluding carboxylic acids is 1. The number of imidazole rings is 2. The van der Waals surface area contributed by atoms with E-state index >= 15 is 0 Å². The summed E-state index contributed by atoms with van der Waals surface area (Å²) in [7, 11) is 1.95. The van der Waals surface area contributed by atoms with Gasteiger partial charge in [0.25, 0.3) is 0 Å². The molecule has 7 heteroatoms. The summed E-state index contributed by atoms with van der Waals surface area (Å²) in [5.41, 5.74) is 1.89. The van der Waals surface area contributed by atoms with Crippen molar-refractivity contribution in [1.82, 2.24) is 29.7 Å². The van der Waals surface area contributed by atoms with Crippen LogP contribution in [0.15, 0.2) is 18.7 Å². The van der Waals surface area contributed by atoms with E-state index in [0.29, 0.717) is 13.1 Å². The second kappa shape index (κ2) is 6.31. The average Bonchev–Trinajstić information content (AvgIpc) is 3.15. The Balaban J connectivity index is 1.80. The van der Waals surface area contributed by atoms with E-state index < -0.39 is 0 Å². The summed E-state index contributed by atoms with van der Waals surface area (Å²) >= 11 is 0. The van der Waals surface area contributed by atoms with Gasteiger partial charge in [0.15, 0.2) is 0 Å². The normalized spacial score (nSPS) is 17.3. The third-order valence-electron chi connectivity index (χ3n) is 4.05. The second-order valence-corrected chi connectivity index (χ2v) is 5.62. The van der Waals surface area contributed by atoms with Crippen LogP contribution in [0.1, 0.15) is 36.6 Å². The molecule has 0 fully saturated rings. The van der Waals surface area contributed by atoms with E-state index in [2.05, 4.69) is 27.2 Å². The molecule has 0 aromatic carbocycles. The maximum atomic E-state index is 13.0. The SMILES string of the molecule is CCCN(Cc1nccn1C)C(=O)C1NCCc2[nH]cnc21. The first-order valence-electron chi connectivity index (χ1n) is 7.71. The molecule has 0 spiro atoms. The van der Waals surface area contributed by atoms with Crippen molar-refractivity contribution in [3.63, 3.8) is 0 Å². The van der Waals surface area contributed by atoms with Crippen molar-refractivity contribution in [3.05, 3.63) is 35.9 Å². The number of hydrogen-bond donors (Lipinski definition) is 2. The van der Waals surface area contributed by atoms with Crippen LogP contribution in [-0.4, -0.2) is 43.4 Å². The first-order chi connectivity index (χ1) is 10.7. The Bertz CT molecular complexity index is 646. The van der Waals surface area contributed by atoms with E-state index in [1.807, 2.05) is 22.7 Å². The molecule has 118 valence electrons. The molecule has 2 N–H and O–H groups in total. The van der Waals surface area contributed by atoms with Gasteiger partial charge in [-0.3, -0.25) is 4.79 Å². The minimum Gasteiger partial charge on any atom is -0.348 e. The Morgan fingerprint density at radius 1 is 1.50 bits per heavy atom. The lowest BCUT2D eigenvalue weighted by Crippen LogP contribution is -2.44. The predicted molar refractivity (Wildman–Crippen MR) is 82.0 cm³/mol. The molecule has 1 aliphatic heterocycles. The van der Waals surface area contributed by atoms with E-state index in [1.165, 1.54) is 0 Å². The minimum atomic E-state index is -0.359. The number of rotatable bonds is 5. The smallest absolute Gasteiger partial charge is 0.246 e. The molecular formula is C15H22N6O. The van der Waals surface area contributed by atoms with Crippen LogP contribution >= 0.6 is 0 Å². The highest BCUT2D eigenvalue weighted by Crippen LogP contribution is 2.22. The standard InChI is InChI=1S/C15H22N6O/c1-3-7-21(9-12-16-6-8-20(12)2)15(22)14-13-11(4-5-17-14)18-10-19-13/h6,8,10,14,17H,3-5,7,9H2,1-2H3,(H,18,19). The van der Waals surface area contributed by atoms with Crippen LogP contribution in [0.25, 0.3) is 0 Å². The molecule has 2 aromatic rings. The van der Waals surface area contributed by atoms with Crippen molar-refractivity contribution < 1.29 is 4.79 Å². The fourth-order valence-electron chi connectivity index (χ4n) is 2.86. The fraction of sp³-hybridized carbons (Fsp3) is 0.533. The van der Waals surface area contributed by atoms with Crippen LogP contribution in [0.5, 0.6) is 0 Å². The summed E-state index contributed by atoms with van der Waals surface area (Å²) in [6.45, 7) is 4.10. The molecule has 3 heterocycles. The Kier molecular flexibility index (Phi) is 4.24. The summed E-state index contributed by atoms with van der Waals surface area (Å²) in [5.74, 6) is 0.956. The Morgan fingerprint density at radius 2 is 2.36 bits per heavy atom. The van der Waals surface area contributed by atoms with Gasteiger partial charge in [-0.1, -0.05) is 6.92 Å². The second-order valence-electron chi connectivity index (χ2n) is 5.62. The van der Waals surface area contributed by atoms with Crippen LogP contribution in [-0.2, 0) is 24.8 Å². The maximum Gasteiger partial charge on any atom is 0.246 e. The predicted octanol–water partition coefficient (Wildman–Crippen LogP) is 0.769. The molecule has 2 aromatic heterocycles. The van der Waals surface area contributed by atoms with E-state index in [4.69, 9.17) is 0 Å². The third kappa shape index (κ3) is 2.76. The van der Waals surface area contributed by atoms with Gasteiger partial charge in [0, 0.05) is 44.6 Å². The number of nitrogens with one attached hydrogen (secondary N) is 2. The number of fused-ring (bicyclic) bond motifs is 1. The van der Waals surface area contributed by atoms with Crippen LogP contribution in [0, 0.1) is 0 Å². The fourth-order valence-corrected chi connectivity index (χ4v) is 2.86. The largest absolute Gasteiger partial charge is 0.348 e. The topological polar surface area (TPSA) is 78.8 Å². The van der Waals surface area contributed by atoms with Crippen LogP contribution < -0.4 is 5.32 Å². The van der Waals surface area contributed by atoms with Crippen LogP contribution in [0.2, 0.25) is 0 Å². The van der Waals surface area contributed by atoms with E-state index in [9.17, 15) is 4.79 Å². The molecule has 1 atom stereocenters. The lowest BCUT2D eigenvalue weighted by atomic mass is 10.0. The molecule has 0 bridgehead atoms. The zero-order chi connectivity index (χ0) is 15.5. The number of amides is 1. The number of aromatic nitrogens is 4. The highest BCUT2D eigenvalue weighted by atomic mass is 16.2. The van der Waals surface area contributed by atoms with E-state index in [0.717, 1.165) is 36.6 Å². The molecule has 1 amide bonds. The summed E-state index contributed by atoms with van der Waals surface area (Å²) in [6.07, 6.45) is 7.12. The molecule has 1 aliphatic rings. The third-order valence-corrected chi connectivity index (χ3v) is 4.05. The Morgan fingerprint density at radius 3 is 3.09 bits per heavy atom. The van der Waals surface area contributed by atoms with Crippen molar-refractivity contribution in [3.8, 4) is 0 Å². The van der Waals surface area contributed by atoms with Gasteiger partial charge in [0.05, 0.1) is 18.6 Å². The molecule has 1 unspecified atom stereocenters. The monoisotopic (exact) mass is 302 g/mol. The first-order valence-corrected chi connectivity index (χ1v) is 7.71. The Labute approximate surface area is 129 Å². The molecule has 0 saturated carbocycles. The number of aromatic amines is 1. The van der Waals surface area contributed by atoms with Crippen molar-refractivity contribution in [2.45, 2.75) is 32.4 Å². The summed E-state index contributed by atoms with van der Waals surface area (Å²) in [6, 6.07) is -0.359. The first kappa shape index (κ1) is 14.8. The summed E-state index contributed by atoms with van der Waals surface area (Å²) in [4.78, 5) is 26.6. The van der Waals surface area contributed by atoms with Crippen molar-refractivity contribution in [2.24, 2.45) is 7.05 Å². The van der Waals surface area contributed by atoms with Crippen molar-refractivity contribution >= 4 is 5.91 Å². The van der Waals surface area contributed by atoms with Gasteiger partial charge in [0.1, 0.15) is 11.9 Å². The van der Waals surface area contributed by atoms with Crippen molar-refractivity contribution in [2.75, 3.05) is 13.1 Å². The van der Waals surface area contributed by atoms with Gasteiger partial charge in [-0.2, -0.15) is 0 Å². The lowest BCUT2D eigenvalue weighted by molar-refractivity contribution is -0.134. The van der Waals surface area contributed by atoms with Gasteiger partial charge in [-0.05, 0) is 6.42 Å². The van der Waals surface area contributed by atoms with Gasteiger partial charge in [-0.15, -0.1) is 0 Å². The van der Waals surface area contributed by atoms with Crippen LogP contribution in [0.3, 0.4) is 0 Å². The van der Waals surface area contributed by atoms with Crippen molar-refractivity contribution in [1.29, 1.82) is 0 Å². The average molecular weight is 302 g/mol. The summed E-state index contributed by atoms with van der Waals surface area (Å²) in [5, 5.41) is 3.29. The van der Waals surface area contributed by atoms with Crippen LogP contribution in [0.4, 0.5) is 0 Å². The number of carbonyl (C=O) groups is 1. The molecule has 7 nitrogen and oxygen atoms in total. The highest BCUT2D eigenvalue weighted by molar-refractivity contribution is 5.83. The minimum absolute atomic E-state index is 0.0675. The van der Waals surface area contributed by atoms with Gasteiger partial charge < -0.3 is 19.8 Å². The molecule has 0 aliphatic carbocycles. The molecule has 0 saturated heterocycles. The summed E-state index contributed by atoms with van der Waals surface area (Å²) < 4.78 is 1.95. The van der Waals surface area contributed by atoms with Gasteiger partial charge >= 0.3 is 0 Å². The van der Waals surface area contributed by atoms with E-state index in [-0.39, 0.29) is 11.9 Å². The zero-order valence-corrected chi connectivity index (χ0v) is 13.0. The maximum absolute atomic E-state index is 13.0. The molecule has 3 rings (SSSR count). The van der Waals surface area contributed by atoms with Gasteiger partial charge in [-0.25, -0.2) is 9.97 Å². The molecular weight excluding hydrogens is 280 g/mol. The highest BCUT2D eigenvalue weighted by Gasteiger charge is 2.31. The number of H-pyrrole nitrogens is 1. The number of nitrogens with zero attached hydrogens (tertiary/aromatic N) is 4. The zero-order valence-electron chi connectivity index (χ0n) is 13.0.